The summed E-state index contributed by atoms with van der Waals surface area (Å²) < 4.78 is 25.4. The molecule has 88 valence electrons. The first-order chi connectivity index (χ1) is 7.03. The van der Waals surface area contributed by atoms with Gasteiger partial charge in [-0.15, -0.1) is 0 Å². The summed E-state index contributed by atoms with van der Waals surface area (Å²) in [5.74, 6) is 0.222. The molecule has 0 unspecified atom stereocenters. The Hall–Kier alpha value is -0.390. The van der Waals surface area contributed by atoms with E-state index in [9.17, 15) is 8.42 Å². The predicted molar refractivity (Wildman–Crippen MR) is 62.3 cm³/mol. The highest BCUT2D eigenvalue weighted by Crippen LogP contribution is 2.08. The lowest BCUT2D eigenvalue weighted by Crippen LogP contribution is -2.31. The molecule has 0 aromatic rings. The number of nitrogens with zero attached hydrogens (tertiary/aromatic N) is 1. The molecule has 0 aliphatic carbocycles. The van der Waals surface area contributed by atoms with Crippen molar-refractivity contribution in [1.29, 1.82) is 0 Å². The molecular formula is C10H20N2O2S. The molecule has 1 aliphatic heterocycles. The third-order valence-corrected chi connectivity index (χ3v) is 4.03. The van der Waals surface area contributed by atoms with Crippen molar-refractivity contribution in [1.82, 2.24) is 9.62 Å². The number of sulfonamides is 1. The smallest absolute Gasteiger partial charge is 0.211 e. The van der Waals surface area contributed by atoms with E-state index < -0.39 is 10.0 Å². The zero-order valence-corrected chi connectivity index (χ0v) is 10.3. The normalized spacial score (nSPS) is 18.9. The molecule has 1 rings (SSSR count). The Labute approximate surface area is 92.4 Å². The quantitative estimate of drug-likeness (QED) is 0.705. The molecule has 0 bridgehead atoms. The van der Waals surface area contributed by atoms with Gasteiger partial charge in [0.25, 0.3) is 0 Å². The lowest BCUT2D eigenvalue weighted by molar-refractivity contribution is 0.357. The van der Waals surface area contributed by atoms with Crippen molar-refractivity contribution in [3.05, 3.63) is 11.6 Å². The van der Waals surface area contributed by atoms with Crippen molar-refractivity contribution in [3.8, 4) is 0 Å². The summed E-state index contributed by atoms with van der Waals surface area (Å²) in [5, 5.41) is 0. The standard InChI is InChI=1S/C10H20N2O2S/c1-3-8-15(13,14)11-9-10-4-6-12(2)7-5-10/h4,11H,3,5-9H2,1-2H3. The first kappa shape index (κ1) is 12.7. The van der Waals surface area contributed by atoms with E-state index in [2.05, 4.69) is 22.7 Å². The van der Waals surface area contributed by atoms with Crippen LogP contribution in [0.5, 0.6) is 0 Å². The van der Waals surface area contributed by atoms with Crippen LogP contribution in [0.2, 0.25) is 0 Å². The molecule has 0 aromatic carbocycles. The fourth-order valence-electron chi connectivity index (χ4n) is 1.52. The van der Waals surface area contributed by atoms with Gasteiger partial charge in [0.15, 0.2) is 0 Å². The SMILES string of the molecule is CCCS(=O)(=O)NCC1=CCN(C)CC1. The van der Waals surface area contributed by atoms with Crippen LogP contribution < -0.4 is 4.72 Å². The van der Waals surface area contributed by atoms with E-state index in [0.29, 0.717) is 13.0 Å². The Kier molecular flexibility index (Phi) is 4.76. The van der Waals surface area contributed by atoms with Gasteiger partial charge in [0.1, 0.15) is 0 Å². The van der Waals surface area contributed by atoms with Crippen LogP contribution in [0.4, 0.5) is 0 Å². The molecule has 15 heavy (non-hydrogen) atoms. The number of rotatable bonds is 5. The molecule has 0 aromatic heterocycles. The van der Waals surface area contributed by atoms with Gasteiger partial charge < -0.3 is 4.90 Å². The molecule has 0 radical (unpaired) electrons. The van der Waals surface area contributed by atoms with Crippen LogP contribution in [-0.2, 0) is 10.0 Å². The molecular weight excluding hydrogens is 212 g/mol. The van der Waals surface area contributed by atoms with Crippen LogP contribution in [-0.4, -0.2) is 45.8 Å². The molecule has 1 heterocycles. The van der Waals surface area contributed by atoms with Crippen LogP contribution >= 0.6 is 0 Å². The van der Waals surface area contributed by atoms with E-state index in [-0.39, 0.29) is 5.75 Å². The van der Waals surface area contributed by atoms with Crippen LogP contribution in [0.25, 0.3) is 0 Å². The highest BCUT2D eigenvalue weighted by Gasteiger charge is 2.11. The van der Waals surface area contributed by atoms with Gasteiger partial charge in [-0.2, -0.15) is 0 Å². The lowest BCUT2D eigenvalue weighted by atomic mass is 10.1. The predicted octanol–water partition coefficient (Wildman–Crippen LogP) is 0.578. The summed E-state index contributed by atoms with van der Waals surface area (Å²) in [4.78, 5) is 2.21. The summed E-state index contributed by atoms with van der Waals surface area (Å²) in [6, 6.07) is 0. The van der Waals surface area contributed by atoms with Crippen molar-refractivity contribution in [2.45, 2.75) is 19.8 Å². The zero-order chi connectivity index (χ0) is 11.3. The zero-order valence-electron chi connectivity index (χ0n) is 9.49. The van der Waals surface area contributed by atoms with Crippen LogP contribution in [0.15, 0.2) is 11.6 Å². The molecule has 0 saturated carbocycles. The third-order valence-electron chi connectivity index (χ3n) is 2.50. The summed E-state index contributed by atoms with van der Waals surface area (Å²) in [7, 11) is -0.985. The summed E-state index contributed by atoms with van der Waals surface area (Å²) >= 11 is 0. The largest absolute Gasteiger partial charge is 0.302 e. The van der Waals surface area contributed by atoms with Crippen molar-refractivity contribution < 1.29 is 8.42 Å². The number of nitrogens with one attached hydrogen (secondary N) is 1. The summed E-state index contributed by atoms with van der Waals surface area (Å²) in [6.45, 7) is 4.29. The molecule has 4 nitrogen and oxygen atoms in total. The third kappa shape index (κ3) is 4.77. The maximum absolute atomic E-state index is 11.4. The Morgan fingerprint density at radius 3 is 2.80 bits per heavy atom. The van der Waals surface area contributed by atoms with Crippen molar-refractivity contribution in [3.63, 3.8) is 0 Å². The first-order valence-electron chi connectivity index (χ1n) is 5.37. The average molecular weight is 232 g/mol. The van der Waals surface area contributed by atoms with Gasteiger partial charge in [0.05, 0.1) is 5.75 Å². The Bertz CT molecular complexity index is 322. The Balaban J connectivity index is 2.37. The minimum absolute atomic E-state index is 0.222. The Morgan fingerprint density at radius 2 is 2.27 bits per heavy atom. The highest BCUT2D eigenvalue weighted by atomic mass is 32.2. The maximum Gasteiger partial charge on any atom is 0.211 e. The van der Waals surface area contributed by atoms with Gasteiger partial charge >= 0.3 is 0 Å². The first-order valence-corrected chi connectivity index (χ1v) is 7.02. The van der Waals surface area contributed by atoms with Crippen molar-refractivity contribution >= 4 is 10.0 Å². The summed E-state index contributed by atoms with van der Waals surface area (Å²) in [5.41, 5.74) is 1.20. The van der Waals surface area contributed by atoms with Gasteiger partial charge in [0.2, 0.25) is 10.0 Å². The molecule has 1 N–H and O–H groups in total. The molecule has 0 amide bonds. The highest BCUT2D eigenvalue weighted by molar-refractivity contribution is 7.89. The monoisotopic (exact) mass is 232 g/mol. The molecule has 0 saturated heterocycles. The topological polar surface area (TPSA) is 49.4 Å². The molecule has 0 spiro atoms. The second-order valence-electron chi connectivity index (χ2n) is 4.01. The number of hydrogen-bond acceptors (Lipinski definition) is 3. The van der Waals surface area contributed by atoms with E-state index in [1.807, 2.05) is 6.92 Å². The van der Waals surface area contributed by atoms with Gasteiger partial charge in [-0.1, -0.05) is 18.6 Å². The molecule has 0 fully saturated rings. The van der Waals surface area contributed by atoms with E-state index in [1.165, 1.54) is 5.57 Å². The van der Waals surface area contributed by atoms with Crippen molar-refractivity contribution in [2.75, 3.05) is 32.4 Å². The van der Waals surface area contributed by atoms with Crippen LogP contribution in [0, 0.1) is 0 Å². The van der Waals surface area contributed by atoms with Gasteiger partial charge in [-0.3, -0.25) is 0 Å². The van der Waals surface area contributed by atoms with Gasteiger partial charge in [-0.05, 0) is 19.9 Å². The van der Waals surface area contributed by atoms with Crippen molar-refractivity contribution in [2.24, 2.45) is 0 Å². The summed E-state index contributed by atoms with van der Waals surface area (Å²) in [6.07, 6.45) is 3.74. The minimum atomic E-state index is -3.05. The van der Waals surface area contributed by atoms with E-state index in [4.69, 9.17) is 0 Å². The van der Waals surface area contributed by atoms with Gasteiger partial charge in [-0.25, -0.2) is 13.1 Å². The number of hydrogen-bond donors (Lipinski definition) is 1. The lowest BCUT2D eigenvalue weighted by Gasteiger charge is -2.22. The Morgan fingerprint density at radius 1 is 1.53 bits per heavy atom. The minimum Gasteiger partial charge on any atom is -0.302 e. The second kappa shape index (κ2) is 5.63. The second-order valence-corrected chi connectivity index (χ2v) is 5.94. The fourth-order valence-corrected chi connectivity index (χ4v) is 2.60. The molecule has 1 aliphatic rings. The van der Waals surface area contributed by atoms with Gasteiger partial charge in [0, 0.05) is 19.6 Å². The molecule has 5 heteroatoms. The number of likely N-dealkylation sites (N-methyl/N-ethyl adjacent to an activating group) is 1. The van der Waals surface area contributed by atoms with E-state index >= 15 is 0 Å². The maximum atomic E-state index is 11.4. The average Bonchev–Trinajstić information content (AvgIpc) is 2.17. The van der Waals surface area contributed by atoms with Crippen LogP contribution in [0.1, 0.15) is 19.8 Å². The molecule has 0 atom stereocenters. The van der Waals surface area contributed by atoms with E-state index in [0.717, 1.165) is 19.5 Å². The van der Waals surface area contributed by atoms with Crippen LogP contribution in [0.3, 0.4) is 0 Å². The fraction of sp³-hybridized carbons (Fsp3) is 0.800. The van der Waals surface area contributed by atoms with E-state index in [1.54, 1.807) is 0 Å².